The van der Waals surface area contributed by atoms with Crippen molar-refractivity contribution in [3.05, 3.63) is 58.1 Å². The van der Waals surface area contributed by atoms with Gasteiger partial charge in [-0.1, -0.05) is 12.1 Å². The van der Waals surface area contributed by atoms with E-state index in [0.29, 0.717) is 0 Å². The van der Waals surface area contributed by atoms with E-state index in [-0.39, 0.29) is 23.1 Å². The Balaban J connectivity index is 2.38. The smallest absolute Gasteiger partial charge is 0.280 e. The number of nitro benzene ring substituents is 1. The van der Waals surface area contributed by atoms with Crippen molar-refractivity contribution < 1.29 is 14.5 Å². The summed E-state index contributed by atoms with van der Waals surface area (Å²) < 4.78 is 5.57. The summed E-state index contributed by atoms with van der Waals surface area (Å²) in [4.78, 5) is 22.0. The summed E-state index contributed by atoms with van der Waals surface area (Å²) in [5, 5.41) is 11.0. The van der Waals surface area contributed by atoms with Gasteiger partial charge in [0.15, 0.2) is 5.78 Å². The molecule has 0 aliphatic rings. The second kappa shape index (κ2) is 6.39. The Morgan fingerprint density at radius 2 is 1.68 bits per heavy atom. The van der Waals surface area contributed by atoms with Crippen molar-refractivity contribution in [1.29, 1.82) is 0 Å². The minimum Gasteiger partial charge on any atom is -0.491 e. The highest BCUT2D eigenvalue weighted by molar-refractivity contribution is 5.99. The molecule has 0 spiro atoms. The van der Waals surface area contributed by atoms with Crippen LogP contribution in [0.4, 0.5) is 5.69 Å². The number of Topliss-reactive ketones (excluding diaryl/α,β-unsaturated/α-hetero) is 1. The van der Waals surface area contributed by atoms with Crippen molar-refractivity contribution in [1.82, 2.24) is 0 Å². The molecule has 2 aromatic carbocycles. The fraction of sp³-hybridized carbons (Fsp3) is 0.235. The summed E-state index contributed by atoms with van der Waals surface area (Å²) >= 11 is 0. The van der Waals surface area contributed by atoms with Crippen molar-refractivity contribution in [3.63, 3.8) is 0 Å². The van der Waals surface area contributed by atoms with Crippen LogP contribution in [0.5, 0.6) is 5.75 Å². The number of nitrogens with zero attached hydrogens (tertiary/aromatic N) is 1. The third-order valence-corrected chi connectivity index (χ3v) is 3.13. The second-order valence-corrected chi connectivity index (χ2v) is 5.24. The lowest BCUT2D eigenvalue weighted by Gasteiger charge is -2.10. The van der Waals surface area contributed by atoms with E-state index in [1.165, 1.54) is 13.0 Å². The third kappa shape index (κ3) is 3.49. The second-order valence-electron chi connectivity index (χ2n) is 5.24. The first-order valence-electron chi connectivity index (χ1n) is 6.95. The van der Waals surface area contributed by atoms with Gasteiger partial charge in [0.1, 0.15) is 5.75 Å². The van der Waals surface area contributed by atoms with Gasteiger partial charge in [0.2, 0.25) is 0 Å². The lowest BCUT2D eigenvalue weighted by molar-refractivity contribution is -0.385. The number of carbonyl (C=O) groups is 1. The summed E-state index contributed by atoms with van der Waals surface area (Å²) in [6.45, 7) is 5.22. The van der Waals surface area contributed by atoms with E-state index in [9.17, 15) is 14.9 Å². The van der Waals surface area contributed by atoms with Crippen LogP contribution in [0.2, 0.25) is 0 Å². The summed E-state index contributed by atoms with van der Waals surface area (Å²) in [5.74, 6) is 0.431. The molecule has 5 heteroatoms. The fourth-order valence-corrected chi connectivity index (χ4v) is 2.15. The Morgan fingerprint density at radius 1 is 1.09 bits per heavy atom. The van der Waals surface area contributed by atoms with E-state index in [4.69, 9.17) is 4.74 Å². The minimum absolute atomic E-state index is 0.0922. The molecule has 0 aromatic heterocycles. The summed E-state index contributed by atoms with van der Waals surface area (Å²) in [6, 6.07) is 12.0. The minimum atomic E-state index is -0.542. The van der Waals surface area contributed by atoms with Gasteiger partial charge in [-0.2, -0.15) is 0 Å². The highest BCUT2D eigenvalue weighted by atomic mass is 16.6. The summed E-state index contributed by atoms with van der Waals surface area (Å²) in [7, 11) is 0. The van der Waals surface area contributed by atoms with Gasteiger partial charge in [-0.3, -0.25) is 14.9 Å². The molecule has 0 unspecified atom stereocenters. The van der Waals surface area contributed by atoms with Crippen LogP contribution in [-0.2, 0) is 0 Å². The third-order valence-electron chi connectivity index (χ3n) is 3.13. The van der Waals surface area contributed by atoms with Gasteiger partial charge in [0.05, 0.1) is 16.6 Å². The number of carbonyl (C=O) groups excluding carboxylic acids is 1. The van der Waals surface area contributed by atoms with Crippen LogP contribution in [0, 0.1) is 10.1 Å². The average molecular weight is 299 g/mol. The Kier molecular flexibility index (Phi) is 4.56. The molecule has 5 nitrogen and oxygen atoms in total. The van der Waals surface area contributed by atoms with Crippen molar-refractivity contribution >= 4 is 11.5 Å². The zero-order valence-corrected chi connectivity index (χ0v) is 12.7. The molecule has 0 saturated carbocycles. The summed E-state index contributed by atoms with van der Waals surface area (Å²) in [5.41, 5.74) is 1.57. The van der Waals surface area contributed by atoms with Gasteiger partial charge < -0.3 is 4.74 Å². The first-order chi connectivity index (χ1) is 10.4. The zero-order chi connectivity index (χ0) is 16.3. The van der Waals surface area contributed by atoms with E-state index in [2.05, 4.69) is 0 Å². The average Bonchev–Trinajstić information content (AvgIpc) is 2.46. The number of hydrogen-bond acceptors (Lipinski definition) is 4. The molecule has 2 rings (SSSR count). The molecule has 0 aliphatic heterocycles. The molecule has 114 valence electrons. The number of nitro groups is 1. The fourth-order valence-electron chi connectivity index (χ4n) is 2.15. The molecule has 0 bridgehead atoms. The van der Waals surface area contributed by atoms with Crippen molar-refractivity contribution in [2.45, 2.75) is 26.9 Å². The van der Waals surface area contributed by atoms with Crippen LogP contribution in [-0.4, -0.2) is 16.8 Å². The van der Waals surface area contributed by atoms with Gasteiger partial charge >= 0.3 is 0 Å². The van der Waals surface area contributed by atoms with E-state index in [1.807, 2.05) is 38.1 Å². The topological polar surface area (TPSA) is 69.4 Å². The lowest BCUT2D eigenvalue weighted by atomic mass is 10.00. The number of benzene rings is 2. The number of ketones is 1. The van der Waals surface area contributed by atoms with Crippen molar-refractivity contribution in [3.8, 4) is 16.9 Å². The molecule has 0 saturated heterocycles. The van der Waals surface area contributed by atoms with Gasteiger partial charge in [-0.05, 0) is 56.2 Å². The van der Waals surface area contributed by atoms with Gasteiger partial charge in [-0.25, -0.2) is 0 Å². The first kappa shape index (κ1) is 15.7. The highest BCUT2D eigenvalue weighted by Gasteiger charge is 2.18. The Hall–Kier alpha value is -2.69. The van der Waals surface area contributed by atoms with Crippen LogP contribution in [0.25, 0.3) is 11.1 Å². The molecule has 2 aromatic rings. The van der Waals surface area contributed by atoms with Gasteiger partial charge in [0.25, 0.3) is 5.69 Å². The monoisotopic (exact) mass is 299 g/mol. The maximum atomic E-state index is 11.6. The maximum Gasteiger partial charge on any atom is 0.280 e. The molecule has 0 amide bonds. The normalized spacial score (nSPS) is 10.5. The van der Waals surface area contributed by atoms with Crippen molar-refractivity contribution in [2.24, 2.45) is 0 Å². The number of rotatable bonds is 5. The van der Waals surface area contributed by atoms with Gasteiger partial charge in [-0.15, -0.1) is 0 Å². The zero-order valence-electron chi connectivity index (χ0n) is 12.7. The van der Waals surface area contributed by atoms with Crippen LogP contribution < -0.4 is 4.74 Å². The Labute approximate surface area is 128 Å². The predicted molar refractivity (Wildman–Crippen MR) is 84.3 cm³/mol. The maximum absolute atomic E-state index is 11.6. The van der Waals surface area contributed by atoms with Crippen LogP contribution >= 0.6 is 0 Å². The lowest BCUT2D eigenvalue weighted by Crippen LogP contribution is -2.05. The van der Waals surface area contributed by atoms with E-state index in [0.717, 1.165) is 16.9 Å². The largest absolute Gasteiger partial charge is 0.491 e. The molecular weight excluding hydrogens is 282 g/mol. The quantitative estimate of drug-likeness (QED) is 0.470. The van der Waals surface area contributed by atoms with E-state index >= 15 is 0 Å². The summed E-state index contributed by atoms with van der Waals surface area (Å²) in [6.07, 6.45) is 0.0922. The van der Waals surface area contributed by atoms with Crippen LogP contribution in [0.15, 0.2) is 42.5 Å². The first-order valence-corrected chi connectivity index (χ1v) is 6.95. The molecule has 0 heterocycles. The highest BCUT2D eigenvalue weighted by Crippen LogP contribution is 2.28. The van der Waals surface area contributed by atoms with Crippen molar-refractivity contribution in [2.75, 3.05) is 0 Å². The Bertz CT molecular complexity index is 705. The molecule has 0 radical (unpaired) electrons. The van der Waals surface area contributed by atoms with Gasteiger partial charge in [0, 0.05) is 6.07 Å². The molecular formula is C17H17NO4. The standard InChI is InChI=1S/C17H17NO4/c1-11(2)22-15-7-4-13(5-8-15)14-6-9-17(18(20)21)16(10-14)12(3)19/h4-11H,1-3H3. The predicted octanol–water partition coefficient (Wildman–Crippen LogP) is 4.25. The van der Waals surface area contributed by atoms with Crippen LogP contribution in [0.3, 0.4) is 0 Å². The molecule has 0 N–H and O–H groups in total. The molecule has 22 heavy (non-hydrogen) atoms. The SMILES string of the molecule is CC(=O)c1cc(-c2ccc(OC(C)C)cc2)ccc1[N+](=O)[O-]. The van der Waals surface area contributed by atoms with E-state index in [1.54, 1.807) is 12.1 Å². The van der Waals surface area contributed by atoms with Crippen LogP contribution in [0.1, 0.15) is 31.1 Å². The number of ether oxygens (including phenoxy) is 1. The van der Waals surface area contributed by atoms with E-state index < -0.39 is 4.92 Å². The molecule has 0 atom stereocenters. The number of hydrogen-bond donors (Lipinski definition) is 0. The Morgan fingerprint density at radius 3 is 2.18 bits per heavy atom. The molecule has 0 fully saturated rings. The molecule has 0 aliphatic carbocycles.